The lowest BCUT2D eigenvalue weighted by molar-refractivity contribution is -0.132. The summed E-state index contributed by atoms with van der Waals surface area (Å²) in [7, 11) is -1.84. The number of aliphatic hydroxyl groups is 1. The molecule has 0 bridgehead atoms. The Morgan fingerprint density at radius 2 is 2.00 bits per heavy atom. The van der Waals surface area contributed by atoms with Crippen LogP contribution in [0.25, 0.3) is 0 Å². The number of Topliss-reactive ketones (excluding diaryl/α,β-unsaturated/α-hetero) is 1. The molecule has 0 aliphatic heterocycles. The molecule has 0 heterocycles. The van der Waals surface area contributed by atoms with Gasteiger partial charge >= 0.3 is 0 Å². The first-order valence-electron chi connectivity index (χ1n) is 6.86. The second-order valence-corrected chi connectivity index (χ2v) is 12.1. The van der Waals surface area contributed by atoms with E-state index in [-0.39, 0.29) is 10.8 Å². The summed E-state index contributed by atoms with van der Waals surface area (Å²) in [6, 6.07) is 0. The minimum atomic E-state index is -1.84. The van der Waals surface area contributed by atoms with E-state index in [0.29, 0.717) is 13.0 Å². The van der Waals surface area contributed by atoms with Gasteiger partial charge in [0, 0.05) is 6.42 Å². The zero-order chi connectivity index (χ0) is 14.2. The largest absolute Gasteiger partial charge is 0.414 e. The maximum Gasteiger partial charge on any atom is 0.192 e. The quantitative estimate of drug-likeness (QED) is 0.800. The van der Waals surface area contributed by atoms with E-state index in [9.17, 15) is 9.90 Å². The molecule has 1 saturated carbocycles. The standard InChI is InChI=1S/C14H28O3Si/c1-13(2,3)18(5,6)17-10-12(16)14(4)9-7-8-11(14)15/h12,16H,7-10H2,1-6H3/t12-,14+/m0/s1. The van der Waals surface area contributed by atoms with Gasteiger partial charge in [-0.3, -0.25) is 4.79 Å². The van der Waals surface area contributed by atoms with Crippen LogP contribution in [0.3, 0.4) is 0 Å². The normalized spacial score (nSPS) is 27.6. The molecule has 0 unspecified atom stereocenters. The second-order valence-electron chi connectivity index (χ2n) is 7.28. The highest BCUT2D eigenvalue weighted by Gasteiger charge is 2.45. The van der Waals surface area contributed by atoms with Crippen LogP contribution in [-0.4, -0.2) is 31.9 Å². The lowest BCUT2D eigenvalue weighted by Crippen LogP contribution is -2.46. The number of ketones is 1. The highest BCUT2D eigenvalue weighted by molar-refractivity contribution is 6.74. The average Bonchev–Trinajstić information content (AvgIpc) is 2.55. The van der Waals surface area contributed by atoms with Gasteiger partial charge in [-0.05, 0) is 31.0 Å². The van der Waals surface area contributed by atoms with Crippen molar-refractivity contribution in [3.63, 3.8) is 0 Å². The summed E-state index contributed by atoms with van der Waals surface area (Å²) in [5, 5.41) is 10.4. The van der Waals surface area contributed by atoms with Gasteiger partial charge in [-0.25, -0.2) is 0 Å². The molecule has 1 fully saturated rings. The number of hydrogen-bond acceptors (Lipinski definition) is 3. The van der Waals surface area contributed by atoms with Crippen LogP contribution in [-0.2, 0) is 9.22 Å². The fourth-order valence-electron chi connectivity index (χ4n) is 2.08. The zero-order valence-corrected chi connectivity index (χ0v) is 13.7. The first-order chi connectivity index (χ1) is 8.01. The predicted molar refractivity (Wildman–Crippen MR) is 76.1 cm³/mol. The summed E-state index contributed by atoms with van der Waals surface area (Å²) < 4.78 is 6.02. The van der Waals surface area contributed by atoms with Crippen LogP contribution in [0.5, 0.6) is 0 Å². The molecule has 2 atom stereocenters. The third kappa shape index (κ3) is 3.03. The zero-order valence-electron chi connectivity index (χ0n) is 12.7. The van der Waals surface area contributed by atoms with Gasteiger partial charge in [0.1, 0.15) is 5.78 Å². The van der Waals surface area contributed by atoms with Gasteiger partial charge in [0.2, 0.25) is 0 Å². The van der Waals surface area contributed by atoms with Crippen LogP contribution in [0.15, 0.2) is 0 Å². The molecule has 0 saturated heterocycles. The Labute approximate surface area is 112 Å². The molecule has 1 rings (SSSR count). The van der Waals surface area contributed by atoms with Crippen LogP contribution >= 0.6 is 0 Å². The van der Waals surface area contributed by atoms with Crippen molar-refractivity contribution in [2.24, 2.45) is 5.41 Å². The molecule has 106 valence electrons. The third-order valence-corrected chi connectivity index (χ3v) is 9.38. The Morgan fingerprint density at radius 3 is 2.39 bits per heavy atom. The first kappa shape index (κ1) is 15.9. The fourth-order valence-corrected chi connectivity index (χ4v) is 3.09. The molecule has 0 aromatic rings. The minimum absolute atomic E-state index is 0.132. The summed E-state index contributed by atoms with van der Waals surface area (Å²) in [5.74, 6) is 0.189. The van der Waals surface area contributed by atoms with Crippen molar-refractivity contribution in [2.75, 3.05) is 6.61 Å². The summed E-state index contributed by atoms with van der Waals surface area (Å²) in [6.07, 6.45) is 1.62. The third-order valence-electron chi connectivity index (χ3n) is 4.88. The first-order valence-corrected chi connectivity index (χ1v) is 9.77. The van der Waals surface area contributed by atoms with Crippen molar-refractivity contribution >= 4 is 14.1 Å². The average molecular weight is 272 g/mol. The lowest BCUT2D eigenvalue weighted by Gasteiger charge is -2.38. The van der Waals surface area contributed by atoms with Gasteiger partial charge in [0.15, 0.2) is 8.32 Å². The highest BCUT2D eigenvalue weighted by Crippen LogP contribution is 2.40. The van der Waals surface area contributed by atoms with E-state index >= 15 is 0 Å². The van der Waals surface area contributed by atoms with Crippen molar-refractivity contribution in [3.8, 4) is 0 Å². The molecule has 0 aromatic heterocycles. The Balaban J connectivity index is 2.62. The van der Waals surface area contributed by atoms with Gasteiger partial charge in [-0.1, -0.05) is 27.7 Å². The molecular formula is C14H28O3Si. The fraction of sp³-hybridized carbons (Fsp3) is 0.929. The number of aliphatic hydroxyl groups excluding tert-OH is 1. The molecule has 1 N–H and O–H groups in total. The van der Waals surface area contributed by atoms with Crippen molar-refractivity contribution < 1.29 is 14.3 Å². The summed E-state index contributed by atoms with van der Waals surface area (Å²) in [5.41, 5.74) is -0.581. The van der Waals surface area contributed by atoms with Crippen molar-refractivity contribution in [1.29, 1.82) is 0 Å². The van der Waals surface area contributed by atoms with Crippen LogP contribution < -0.4 is 0 Å². The topological polar surface area (TPSA) is 46.5 Å². The molecular weight excluding hydrogens is 244 g/mol. The van der Waals surface area contributed by atoms with E-state index in [1.54, 1.807) is 0 Å². The van der Waals surface area contributed by atoms with E-state index in [2.05, 4.69) is 33.9 Å². The summed E-state index contributed by atoms with van der Waals surface area (Å²) in [4.78, 5) is 11.9. The Morgan fingerprint density at radius 1 is 1.44 bits per heavy atom. The molecule has 4 heteroatoms. The van der Waals surface area contributed by atoms with Gasteiger partial charge in [-0.2, -0.15) is 0 Å². The molecule has 0 spiro atoms. The molecule has 3 nitrogen and oxygen atoms in total. The highest BCUT2D eigenvalue weighted by atomic mass is 28.4. The Hall–Kier alpha value is -0.193. The molecule has 18 heavy (non-hydrogen) atoms. The number of carbonyl (C=O) groups excluding carboxylic acids is 1. The maximum atomic E-state index is 11.9. The van der Waals surface area contributed by atoms with Crippen LogP contribution in [0.2, 0.25) is 18.1 Å². The van der Waals surface area contributed by atoms with Crippen molar-refractivity contribution in [1.82, 2.24) is 0 Å². The van der Waals surface area contributed by atoms with Gasteiger partial charge in [0.05, 0.1) is 18.1 Å². The van der Waals surface area contributed by atoms with Crippen molar-refractivity contribution in [3.05, 3.63) is 0 Å². The van der Waals surface area contributed by atoms with E-state index in [4.69, 9.17) is 4.43 Å². The Kier molecular flexibility index (Phi) is 4.46. The van der Waals surface area contributed by atoms with Crippen LogP contribution in [0, 0.1) is 5.41 Å². The SMILES string of the molecule is CC(C)(C)[Si](C)(C)OC[C@H](O)[C@]1(C)CCCC1=O. The molecule has 0 aromatic carbocycles. The smallest absolute Gasteiger partial charge is 0.192 e. The number of carbonyl (C=O) groups is 1. The van der Waals surface area contributed by atoms with Crippen LogP contribution in [0.1, 0.15) is 47.0 Å². The van der Waals surface area contributed by atoms with Gasteiger partial charge in [0.25, 0.3) is 0 Å². The van der Waals surface area contributed by atoms with E-state index in [1.807, 2.05) is 6.92 Å². The van der Waals surface area contributed by atoms with Crippen LogP contribution in [0.4, 0.5) is 0 Å². The minimum Gasteiger partial charge on any atom is -0.414 e. The maximum absolute atomic E-state index is 11.9. The molecule has 0 amide bonds. The monoisotopic (exact) mass is 272 g/mol. The summed E-state index contributed by atoms with van der Waals surface area (Å²) in [6.45, 7) is 13.0. The van der Waals surface area contributed by atoms with E-state index < -0.39 is 19.8 Å². The van der Waals surface area contributed by atoms with Crippen molar-refractivity contribution in [2.45, 2.75) is 71.2 Å². The lowest BCUT2D eigenvalue weighted by atomic mass is 9.82. The van der Waals surface area contributed by atoms with Gasteiger partial charge < -0.3 is 9.53 Å². The summed E-state index contributed by atoms with van der Waals surface area (Å²) >= 11 is 0. The number of hydrogen-bond donors (Lipinski definition) is 1. The van der Waals surface area contributed by atoms with Gasteiger partial charge in [-0.15, -0.1) is 0 Å². The number of rotatable bonds is 4. The molecule has 1 aliphatic carbocycles. The molecule has 1 aliphatic rings. The second kappa shape index (κ2) is 5.06. The van der Waals surface area contributed by atoms with E-state index in [1.165, 1.54) is 0 Å². The molecule has 0 radical (unpaired) electrons. The van der Waals surface area contributed by atoms with E-state index in [0.717, 1.165) is 12.8 Å². The predicted octanol–water partition coefficient (Wildman–Crippen LogP) is 3.13. The Bertz CT molecular complexity index is 319.